The van der Waals surface area contributed by atoms with Crippen LogP contribution in [0.25, 0.3) is 0 Å². The summed E-state index contributed by atoms with van der Waals surface area (Å²) in [4.78, 5) is 26.8. The minimum absolute atomic E-state index is 0.315. The van der Waals surface area contributed by atoms with E-state index in [-0.39, 0.29) is 11.8 Å². The molecule has 1 fully saturated rings. The monoisotopic (exact) mass is 448 g/mol. The Kier molecular flexibility index (Phi) is 4.61. The molecule has 0 bridgehead atoms. The number of rotatable bonds is 4. The first kappa shape index (κ1) is 17.9. The van der Waals surface area contributed by atoms with Crippen molar-refractivity contribution in [1.82, 2.24) is 5.01 Å². The van der Waals surface area contributed by atoms with E-state index in [0.29, 0.717) is 23.0 Å². The molecule has 1 saturated heterocycles. The highest BCUT2D eigenvalue weighted by atomic mass is 79.9. The third-order valence-corrected chi connectivity index (χ3v) is 5.55. The van der Waals surface area contributed by atoms with E-state index in [1.54, 1.807) is 36.4 Å². The van der Waals surface area contributed by atoms with Crippen molar-refractivity contribution < 1.29 is 14.3 Å². The lowest BCUT2D eigenvalue weighted by Gasteiger charge is -2.21. The van der Waals surface area contributed by atoms with Crippen LogP contribution in [0.5, 0.6) is 5.75 Å². The molecule has 2 aliphatic rings. The lowest BCUT2D eigenvalue weighted by Crippen LogP contribution is -2.39. The number of carbonyl (C=O) groups is 2. The van der Waals surface area contributed by atoms with Crippen molar-refractivity contribution in [3.63, 3.8) is 0 Å². The first-order valence-electron chi connectivity index (χ1n) is 8.13. The molecule has 27 heavy (non-hydrogen) atoms. The Labute approximate surface area is 168 Å². The topological polar surface area (TPSA) is 74.6 Å². The molecule has 138 valence electrons. The Balaban J connectivity index is 1.61. The van der Waals surface area contributed by atoms with Crippen LogP contribution in [0, 0.1) is 0 Å². The van der Waals surface area contributed by atoms with Crippen LogP contribution in [0.1, 0.15) is 5.56 Å². The lowest BCUT2D eigenvalue weighted by atomic mass is 10.1. The zero-order valence-corrected chi connectivity index (χ0v) is 16.5. The summed E-state index contributed by atoms with van der Waals surface area (Å²) in [5.41, 5.74) is 1.35. The number of methoxy groups -OCH3 is 1. The first-order valence-corrected chi connectivity index (χ1v) is 9.30. The van der Waals surface area contributed by atoms with E-state index in [9.17, 15) is 9.59 Å². The smallest absolute Gasteiger partial charge is 0.263 e. The van der Waals surface area contributed by atoms with E-state index in [2.05, 4.69) is 26.3 Å². The molecule has 2 amide bonds. The summed E-state index contributed by atoms with van der Waals surface area (Å²) < 4.78 is 6.11. The van der Waals surface area contributed by atoms with Gasteiger partial charge in [-0.25, -0.2) is 4.90 Å². The molecule has 2 aromatic carbocycles. The number of imide groups is 1. The molecule has 2 aliphatic heterocycles. The van der Waals surface area contributed by atoms with Gasteiger partial charge in [-0.05, 0) is 48.0 Å². The van der Waals surface area contributed by atoms with Gasteiger partial charge in [-0.1, -0.05) is 32.8 Å². The number of fused-ring (bicyclic) bond motifs is 1. The van der Waals surface area contributed by atoms with Crippen LogP contribution in [0.3, 0.4) is 0 Å². The standard InChI is InChI=1S/C18H14BrClN4O3/c1-27-13-6-7-14(19)10(8-13)9-23-16-15(21-22-23)17(25)24(18(16)26)12-4-2-11(20)3-5-12/h2-8,15-16H,9H2,1H3/t15-,16+/m0/s1. The minimum atomic E-state index is -0.836. The van der Waals surface area contributed by atoms with Gasteiger partial charge in [0.1, 0.15) is 5.75 Å². The van der Waals surface area contributed by atoms with Gasteiger partial charge in [0.25, 0.3) is 11.8 Å². The summed E-state index contributed by atoms with van der Waals surface area (Å²) in [5.74, 6) is -0.0443. The zero-order chi connectivity index (χ0) is 19.1. The highest BCUT2D eigenvalue weighted by Crippen LogP contribution is 2.34. The first-order chi connectivity index (χ1) is 13.0. The Hall–Kier alpha value is -2.45. The molecule has 0 saturated carbocycles. The third kappa shape index (κ3) is 3.08. The van der Waals surface area contributed by atoms with Crippen molar-refractivity contribution >= 4 is 45.0 Å². The van der Waals surface area contributed by atoms with E-state index in [0.717, 1.165) is 14.9 Å². The van der Waals surface area contributed by atoms with E-state index in [1.165, 1.54) is 0 Å². The highest BCUT2D eigenvalue weighted by molar-refractivity contribution is 9.10. The summed E-state index contributed by atoms with van der Waals surface area (Å²) in [6.07, 6.45) is 0. The van der Waals surface area contributed by atoms with Crippen LogP contribution >= 0.6 is 27.5 Å². The van der Waals surface area contributed by atoms with E-state index < -0.39 is 12.1 Å². The maximum absolute atomic E-state index is 13.0. The minimum Gasteiger partial charge on any atom is -0.497 e. The number of anilines is 1. The second kappa shape index (κ2) is 6.94. The molecule has 0 aliphatic carbocycles. The van der Waals surface area contributed by atoms with Gasteiger partial charge in [-0.15, -0.1) is 0 Å². The number of ether oxygens (including phenoxy) is 1. The Morgan fingerprint density at radius 1 is 1.15 bits per heavy atom. The van der Waals surface area contributed by atoms with E-state index in [4.69, 9.17) is 16.3 Å². The van der Waals surface area contributed by atoms with Crippen molar-refractivity contribution in [2.75, 3.05) is 12.0 Å². The van der Waals surface area contributed by atoms with Gasteiger partial charge >= 0.3 is 0 Å². The average molecular weight is 450 g/mol. The van der Waals surface area contributed by atoms with Crippen LogP contribution in [0.4, 0.5) is 5.69 Å². The third-order valence-electron chi connectivity index (χ3n) is 4.53. The number of nitrogens with zero attached hydrogens (tertiary/aromatic N) is 4. The molecule has 2 heterocycles. The Morgan fingerprint density at radius 2 is 1.89 bits per heavy atom. The van der Waals surface area contributed by atoms with E-state index >= 15 is 0 Å². The Morgan fingerprint density at radius 3 is 2.59 bits per heavy atom. The molecule has 0 spiro atoms. The van der Waals surface area contributed by atoms with Crippen molar-refractivity contribution in [3.05, 3.63) is 57.5 Å². The predicted molar refractivity (Wildman–Crippen MR) is 103 cm³/mol. The second-order valence-corrected chi connectivity index (χ2v) is 7.43. The number of halogens is 2. The second-order valence-electron chi connectivity index (χ2n) is 6.14. The van der Waals surface area contributed by atoms with E-state index in [1.807, 2.05) is 18.2 Å². The van der Waals surface area contributed by atoms with Gasteiger partial charge in [0.15, 0.2) is 12.1 Å². The van der Waals surface area contributed by atoms with Gasteiger partial charge in [0.2, 0.25) is 0 Å². The number of amides is 2. The normalized spacial score (nSPS) is 21.1. The van der Waals surface area contributed by atoms with Crippen molar-refractivity contribution in [3.8, 4) is 5.75 Å². The van der Waals surface area contributed by atoms with Crippen molar-refractivity contribution in [2.24, 2.45) is 10.3 Å². The van der Waals surface area contributed by atoms with Gasteiger partial charge in [-0.3, -0.25) is 14.6 Å². The molecular weight excluding hydrogens is 436 g/mol. The largest absolute Gasteiger partial charge is 0.497 e. The van der Waals surface area contributed by atoms with Gasteiger partial charge in [0.05, 0.1) is 19.3 Å². The summed E-state index contributed by atoms with van der Waals surface area (Å²) >= 11 is 9.39. The molecule has 2 atom stereocenters. The summed E-state index contributed by atoms with van der Waals surface area (Å²) in [6.45, 7) is 0.315. The molecule has 2 aromatic rings. The molecule has 0 unspecified atom stereocenters. The SMILES string of the molecule is COc1ccc(Br)c(CN2N=N[C@@H]3C(=O)N(c4ccc(Cl)cc4)C(=O)[C@@H]32)c1. The molecule has 9 heteroatoms. The summed E-state index contributed by atoms with van der Waals surface area (Å²) in [5, 5.41) is 10.2. The molecule has 0 N–H and O–H groups in total. The summed E-state index contributed by atoms with van der Waals surface area (Å²) in [7, 11) is 1.59. The lowest BCUT2D eigenvalue weighted by molar-refractivity contribution is -0.123. The fourth-order valence-electron chi connectivity index (χ4n) is 3.17. The predicted octanol–water partition coefficient (Wildman–Crippen LogP) is 3.60. The van der Waals surface area contributed by atoms with Crippen LogP contribution in [0.15, 0.2) is 57.3 Å². The molecule has 0 radical (unpaired) electrons. The number of hydrogen-bond donors (Lipinski definition) is 0. The van der Waals surface area contributed by atoms with Gasteiger partial charge in [0, 0.05) is 9.50 Å². The van der Waals surface area contributed by atoms with Crippen LogP contribution < -0.4 is 9.64 Å². The number of carbonyl (C=O) groups excluding carboxylic acids is 2. The maximum Gasteiger partial charge on any atom is 0.263 e. The zero-order valence-electron chi connectivity index (χ0n) is 14.2. The van der Waals surface area contributed by atoms with Crippen LogP contribution in [-0.4, -0.2) is 36.0 Å². The molecule has 7 nitrogen and oxygen atoms in total. The van der Waals surface area contributed by atoms with Gasteiger partial charge in [-0.2, -0.15) is 5.11 Å². The van der Waals surface area contributed by atoms with Crippen molar-refractivity contribution in [1.29, 1.82) is 0 Å². The van der Waals surface area contributed by atoms with Gasteiger partial charge < -0.3 is 4.74 Å². The molecule has 4 rings (SSSR count). The number of hydrogen-bond acceptors (Lipinski definition) is 6. The molecule has 0 aromatic heterocycles. The Bertz CT molecular complexity index is 950. The highest BCUT2D eigenvalue weighted by Gasteiger charge is 2.54. The van der Waals surface area contributed by atoms with Crippen LogP contribution in [-0.2, 0) is 16.1 Å². The fraction of sp³-hybridized carbons (Fsp3) is 0.222. The molecular formula is C18H14BrClN4O3. The van der Waals surface area contributed by atoms with Crippen LogP contribution in [0.2, 0.25) is 5.02 Å². The fourth-order valence-corrected chi connectivity index (χ4v) is 3.67. The average Bonchev–Trinajstić information content (AvgIpc) is 3.18. The number of benzene rings is 2. The quantitative estimate of drug-likeness (QED) is 0.669. The van der Waals surface area contributed by atoms with Crippen molar-refractivity contribution in [2.45, 2.75) is 18.6 Å². The summed E-state index contributed by atoms with van der Waals surface area (Å²) in [6, 6.07) is 10.5. The maximum atomic E-state index is 13.0.